The topological polar surface area (TPSA) is 33.7 Å². The molecule has 104 valence electrons. The first-order valence-corrected chi connectivity index (χ1v) is 7.06. The van der Waals surface area contributed by atoms with E-state index in [1.807, 2.05) is 0 Å². The van der Waals surface area contributed by atoms with Gasteiger partial charge in [0.05, 0.1) is 0 Å². The van der Waals surface area contributed by atoms with Gasteiger partial charge < -0.3 is 19.7 Å². The molecule has 4 nitrogen and oxygen atoms in total. The van der Waals surface area contributed by atoms with Gasteiger partial charge in [0.15, 0.2) is 11.5 Å². The summed E-state index contributed by atoms with van der Waals surface area (Å²) in [5, 5.41) is 3.48. The zero-order valence-electron chi connectivity index (χ0n) is 11.7. The van der Waals surface area contributed by atoms with E-state index in [1.54, 1.807) is 0 Å². The summed E-state index contributed by atoms with van der Waals surface area (Å²) in [6.45, 7) is 5.87. The van der Waals surface area contributed by atoms with Crippen molar-refractivity contribution >= 4 is 5.69 Å². The van der Waals surface area contributed by atoms with Crippen LogP contribution in [-0.2, 0) is 0 Å². The smallest absolute Gasteiger partial charge is 0.231 e. The number of benzene rings is 1. The second kappa shape index (κ2) is 5.29. The standard InChI is InChI=1S/C15H22N2O2/c1-11-6-14-15(19-10-18-14)7-13(11)17(2)9-12-4-3-5-16-8-12/h6-7,12,16H,3-5,8-10H2,1-2H3. The molecule has 1 N–H and O–H groups in total. The van der Waals surface area contributed by atoms with Crippen LogP contribution in [0.15, 0.2) is 12.1 Å². The summed E-state index contributed by atoms with van der Waals surface area (Å²) in [4.78, 5) is 2.34. The molecule has 4 heteroatoms. The maximum absolute atomic E-state index is 5.47. The molecule has 0 amide bonds. The van der Waals surface area contributed by atoms with Crippen molar-refractivity contribution in [1.82, 2.24) is 5.32 Å². The first-order chi connectivity index (χ1) is 9.24. The molecule has 19 heavy (non-hydrogen) atoms. The summed E-state index contributed by atoms with van der Waals surface area (Å²) in [5.41, 5.74) is 2.49. The lowest BCUT2D eigenvalue weighted by molar-refractivity contribution is 0.174. The Morgan fingerprint density at radius 3 is 2.84 bits per heavy atom. The number of nitrogens with one attached hydrogen (secondary N) is 1. The highest BCUT2D eigenvalue weighted by Gasteiger charge is 2.20. The lowest BCUT2D eigenvalue weighted by atomic mass is 9.98. The van der Waals surface area contributed by atoms with E-state index in [1.165, 1.54) is 30.6 Å². The molecular formula is C15H22N2O2. The van der Waals surface area contributed by atoms with Crippen LogP contribution < -0.4 is 19.7 Å². The molecular weight excluding hydrogens is 240 g/mol. The first kappa shape index (κ1) is 12.6. The molecule has 1 aromatic carbocycles. The van der Waals surface area contributed by atoms with E-state index in [0.29, 0.717) is 6.79 Å². The van der Waals surface area contributed by atoms with Gasteiger partial charge in [0.25, 0.3) is 0 Å². The first-order valence-electron chi connectivity index (χ1n) is 7.06. The molecule has 1 atom stereocenters. The van der Waals surface area contributed by atoms with Crippen molar-refractivity contribution in [2.45, 2.75) is 19.8 Å². The van der Waals surface area contributed by atoms with Crippen molar-refractivity contribution in [2.75, 3.05) is 38.4 Å². The largest absolute Gasteiger partial charge is 0.454 e. The van der Waals surface area contributed by atoms with E-state index in [0.717, 1.165) is 30.5 Å². The average Bonchev–Trinajstić information content (AvgIpc) is 2.86. The zero-order chi connectivity index (χ0) is 13.2. The van der Waals surface area contributed by atoms with E-state index < -0.39 is 0 Å². The number of fused-ring (bicyclic) bond motifs is 1. The fourth-order valence-electron chi connectivity index (χ4n) is 3.01. The Kier molecular flexibility index (Phi) is 3.51. The van der Waals surface area contributed by atoms with Crippen molar-refractivity contribution in [2.24, 2.45) is 5.92 Å². The van der Waals surface area contributed by atoms with Crippen molar-refractivity contribution < 1.29 is 9.47 Å². The monoisotopic (exact) mass is 262 g/mol. The molecule has 1 unspecified atom stereocenters. The van der Waals surface area contributed by atoms with Crippen LogP contribution in [0.5, 0.6) is 11.5 Å². The maximum atomic E-state index is 5.47. The van der Waals surface area contributed by atoms with Crippen LogP contribution in [0.1, 0.15) is 18.4 Å². The Morgan fingerprint density at radius 1 is 1.32 bits per heavy atom. The summed E-state index contributed by atoms with van der Waals surface area (Å²) in [7, 11) is 2.17. The van der Waals surface area contributed by atoms with Crippen molar-refractivity contribution in [3.63, 3.8) is 0 Å². The number of aryl methyl sites for hydroxylation is 1. The van der Waals surface area contributed by atoms with Crippen LogP contribution in [0.2, 0.25) is 0 Å². The van der Waals surface area contributed by atoms with Gasteiger partial charge in [-0.15, -0.1) is 0 Å². The number of hydrogen-bond donors (Lipinski definition) is 1. The SMILES string of the molecule is Cc1cc2c(cc1N(C)CC1CCCNC1)OCO2. The van der Waals surface area contributed by atoms with Crippen LogP contribution >= 0.6 is 0 Å². The van der Waals surface area contributed by atoms with Crippen LogP contribution in [0.3, 0.4) is 0 Å². The number of ether oxygens (including phenoxy) is 2. The highest BCUT2D eigenvalue weighted by Crippen LogP contribution is 2.38. The molecule has 3 rings (SSSR count). The minimum Gasteiger partial charge on any atom is -0.454 e. The molecule has 1 fully saturated rings. The van der Waals surface area contributed by atoms with Crippen molar-refractivity contribution in [1.29, 1.82) is 0 Å². The summed E-state index contributed by atoms with van der Waals surface area (Å²) >= 11 is 0. The van der Waals surface area contributed by atoms with Crippen LogP contribution in [0.25, 0.3) is 0 Å². The zero-order valence-corrected chi connectivity index (χ0v) is 11.7. The van der Waals surface area contributed by atoms with Crippen molar-refractivity contribution in [3.8, 4) is 11.5 Å². The van der Waals surface area contributed by atoms with E-state index in [-0.39, 0.29) is 0 Å². The minimum atomic E-state index is 0.342. The van der Waals surface area contributed by atoms with E-state index in [2.05, 4.69) is 36.3 Å². The van der Waals surface area contributed by atoms with Gasteiger partial charge in [-0.3, -0.25) is 0 Å². The number of piperidine rings is 1. The Hall–Kier alpha value is -1.42. The number of hydrogen-bond acceptors (Lipinski definition) is 4. The summed E-state index contributed by atoms with van der Waals surface area (Å²) in [6, 6.07) is 4.18. The van der Waals surface area contributed by atoms with Gasteiger partial charge in [0, 0.05) is 25.3 Å². The summed E-state index contributed by atoms with van der Waals surface area (Å²) < 4.78 is 10.9. The third kappa shape index (κ3) is 2.63. The van der Waals surface area contributed by atoms with Gasteiger partial charge >= 0.3 is 0 Å². The molecule has 2 aliphatic heterocycles. The molecule has 0 bridgehead atoms. The van der Waals surface area contributed by atoms with Gasteiger partial charge in [-0.05, 0) is 50.4 Å². The Balaban J connectivity index is 1.73. The summed E-state index contributed by atoms with van der Waals surface area (Å²) in [6.07, 6.45) is 2.61. The van der Waals surface area contributed by atoms with Gasteiger partial charge in [-0.1, -0.05) is 0 Å². The molecule has 0 radical (unpaired) electrons. The normalized spacial score (nSPS) is 21.5. The van der Waals surface area contributed by atoms with Crippen LogP contribution in [-0.4, -0.2) is 33.5 Å². The van der Waals surface area contributed by atoms with Crippen molar-refractivity contribution in [3.05, 3.63) is 17.7 Å². The molecule has 2 aliphatic rings. The molecule has 0 saturated carbocycles. The maximum Gasteiger partial charge on any atom is 0.231 e. The lowest BCUT2D eigenvalue weighted by Crippen LogP contribution is -2.37. The summed E-state index contributed by atoms with van der Waals surface area (Å²) in [5.74, 6) is 2.48. The fourth-order valence-corrected chi connectivity index (χ4v) is 3.01. The lowest BCUT2D eigenvalue weighted by Gasteiger charge is -2.29. The fraction of sp³-hybridized carbons (Fsp3) is 0.600. The van der Waals surface area contributed by atoms with Gasteiger partial charge in [0.2, 0.25) is 6.79 Å². The van der Waals surface area contributed by atoms with Crippen LogP contribution in [0.4, 0.5) is 5.69 Å². The molecule has 2 heterocycles. The number of rotatable bonds is 3. The third-order valence-corrected chi connectivity index (χ3v) is 4.03. The Morgan fingerprint density at radius 2 is 2.11 bits per heavy atom. The molecule has 0 spiro atoms. The van der Waals surface area contributed by atoms with E-state index in [4.69, 9.17) is 9.47 Å². The predicted molar refractivity (Wildman–Crippen MR) is 76.2 cm³/mol. The molecule has 0 aliphatic carbocycles. The van der Waals surface area contributed by atoms with Crippen LogP contribution in [0, 0.1) is 12.8 Å². The number of nitrogens with zero attached hydrogens (tertiary/aromatic N) is 1. The average molecular weight is 262 g/mol. The minimum absolute atomic E-state index is 0.342. The highest BCUT2D eigenvalue weighted by molar-refractivity contribution is 5.62. The second-order valence-electron chi connectivity index (χ2n) is 5.58. The van der Waals surface area contributed by atoms with E-state index in [9.17, 15) is 0 Å². The Bertz CT molecular complexity index is 456. The highest BCUT2D eigenvalue weighted by atomic mass is 16.7. The van der Waals surface area contributed by atoms with Gasteiger partial charge in [-0.2, -0.15) is 0 Å². The third-order valence-electron chi connectivity index (χ3n) is 4.03. The molecule has 0 aromatic heterocycles. The molecule has 1 saturated heterocycles. The Labute approximate surface area is 114 Å². The molecule has 1 aromatic rings. The quantitative estimate of drug-likeness (QED) is 0.905. The predicted octanol–water partition coefficient (Wildman–Crippen LogP) is 2.16. The van der Waals surface area contributed by atoms with Gasteiger partial charge in [0.1, 0.15) is 0 Å². The van der Waals surface area contributed by atoms with Gasteiger partial charge in [-0.25, -0.2) is 0 Å². The second-order valence-corrected chi connectivity index (χ2v) is 5.58. The van der Waals surface area contributed by atoms with E-state index >= 15 is 0 Å². The number of anilines is 1.